The molecule has 32 heavy (non-hydrogen) atoms. The lowest BCUT2D eigenvalue weighted by Crippen LogP contribution is -2.37. The smallest absolute Gasteiger partial charge is 0.306 e. The normalized spacial score (nSPS) is 32.0. The Hall–Kier alpha value is -1.25. The van der Waals surface area contributed by atoms with Gasteiger partial charge in [0.15, 0.2) is 12.4 Å². The minimum absolute atomic E-state index is 0.0851. The molecule has 1 aliphatic heterocycles. The summed E-state index contributed by atoms with van der Waals surface area (Å²) in [4.78, 5) is 11.9. The second kappa shape index (κ2) is 14.8. The molecule has 0 aromatic carbocycles. The molecule has 1 unspecified atom stereocenters. The van der Waals surface area contributed by atoms with Crippen LogP contribution >= 0.6 is 0 Å². The first-order chi connectivity index (χ1) is 15.4. The lowest BCUT2D eigenvalue weighted by molar-refractivity contribution is -0.206. The highest BCUT2D eigenvalue weighted by atomic mass is 16.6. The van der Waals surface area contributed by atoms with E-state index in [4.69, 9.17) is 9.47 Å². The average molecular weight is 455 g/mol. The summed E-state index contributed by atoms with van der Waals surface area (Å²) in [7, 11) is 0. The summed E-state index contributed by atoms with van der Waals surface area (Å²) in [5, 5.41) is 40.4. The van der Waals surface area contributed by atoms with E-state index in [1.807, 2.05) is 18.2 Å². The molecule has 0 radical (unpaired) electrons. The second-order valence-corrected chi connectivity index (χ2v) is 9.09. The van der Waals surface area contributed by atoms with Crippen LogP contribution < -0.4 is 0 Å². The number of unbranched alkanes of at least 4 members (excludes halogenated alkanes) is 3. The van der Waals surface area contributed by atoms with Crippen molar-refractivity contribution in [1.29, 1.82) is 0 Å². The van der Waals surface area contributed by atoms with Crippen molar-refractivity contribution in [2.24, 2.45) is 11.8 Å². The van der Waals surface area contributed by atoms with Gasteiger partial charge >= 0.3 is 5.97 Å². The maximum Gasteiger partial charge on any atom is 0.306 e. The summed E-state index contributed by atoms with van der Waals surface area (Å²) < 4.78 is 10.4. The molecule has 1 aliphatic carbocycles. The van der Waals surface area contributed by atoms with E-state index in [9.17, 15) is 25.2 Å². The van der Waals surface area contributed by atoms with Crippen LogP contribution in [0.5, 0.6) is 0 Å². The molecule has 0 aromatic heterocycles. The number of ether oxygens (including phenoxy) is 2. The minimum Gasteiger partial charge on any atom is -0.457 e. The number of carbonyl (C=O) groups is 1. The van der Waals surface area contributed by atoms with Gasteiger partial charge in [-0.3, -0.25) is 4.79 Å². The zero-order valence-corrected chi connectivity index (χ0v) is 19.3. The quantitative estimate of drug-likeness (QED) is 0.192. The Morgan fingerprint density at radius 2 is 1.97 bits per heavy atom. The van der Waals surface area contributed by atoms with Gasteiger partial charge in [-0.15, -0.1) is 0 Å². The summed E-state index contributed by atoms with van der Waals surface area (Å²) in [5.41, 5.74) is 0. The van der Waals surface area contributed by atoms with Crippen LogP contribution in [0.3, 0.4) is 0 Å². The van der Waals surface area contributed by atoms with Gasteiger partial charge in [0.05, 0.1) is 24.9 Å². The third-order valence-corrected chi connectivity index (χ3v) is 6.42. The van der Waals surface area contributed by atoms with E-state index < -0.39 is 30.7 Å². The van der Waals surface area contributed by atoms with Crippen molar-refractivity contribution >= 4 is 5.97 Å². The number of hydrogen-bond donors (Lipinski definition) is 4. The Kier molecular flexibility index (Phi) is 12.5. The molecule has 1 saturated heterocycles. The number of rotatable bonds is 13. The predicted molar refractivity (Wildman–Crippen MR) is 122 cm³/mol. The molecule has 0 spiro atoms. The Labute approximate surface area is 192 Å². The Morgan fingerprint density at radius 1 is 1.16 bits per heavy atom. The molecular formula is C25H42O7. The monoisotopic (exact) mass is 454 g/mol. The van der Waals surface area contributed by atoms with Gasteiger partial charge in [0, 0.05) is 18.8 Å². The van der Waals surface area contributed by atoms with E-state index in [1.54, 1.807) is 6.08 Å². The van der Waals surface area contributed by atoms with Gasteiger partial charge in [0.2, 0.25) is 0 Å². The van der Waals surface area contributed by atoms with Crippen LogP contribution in [0.2, 0.25) is 0 Å². The number of allylic oxidation sites excluding steroid dienone is 2. The zero-order valence-electron chi connectivity index (χ0n) is 19.3. The Balaban J connectivity index is 1.69. The van der Waals surface area contributed by atoms with Gasteiger partial charge in [-0.05, 0) is 44.4 Å². The fraction of sp³-hybridized carbons (Fsp3) is 0.800. The minimum atomic E-state index is -1.03. The topological polar surface area (TPSA) is 116 Å². The zero-order chi connectivity index (χ0) is 23.3. The molecule has 0 bridgehead atoms. The van der Waals surface area contributed by atoms with Crippen molar-refractivity contribution in [2.75, 3.05) is 6.61 Å². The van der Waals surface area contributed by atoms with E-state index in [0.717, 1.165) is 32.1 Å². The SMILES string of the molecule is CCCCC[C@H](O)/C=C/[C@@H]1[C@@H](C/C=C\CCCC(=O)O[C@@H]2CCCOC2O)[C@@H](O)C[C@H]1O. The van der Waals surface area contributed by atoms with Gasteiger partial charge in [0.25, 0.3) is 0 Å². The van der Waals surface area contributed by atoms with Crippen LogP contribution in [0.4, 0.5) is 0 Å². The van der Waals surface area contributed by atoms with Crippen LogP contribution in [0.25, 0.3) is 0 Å². The van der Waals surface area contributed by atoms with Crippen LogP contribution in [0.1, 0.15) is 77.6 Å². The van der Waals surface area contributed by atoms with Crippen molar-refractivity contribution < 1.29 is 34.7 Å². The van der Waals surface area contributed by atoms with Crippen LogP contribution in [0, 0.1) is 11.8 Å². The second-order valence-electron chi connectivity index (χ2n) is 9.09. The molecule has 7 atom stereocenters. The highest BCUT2D eigenvalue weighted by Gasteiger charge is 2.39. The third-order valence-electron chi connectivity index (χ3n) is 6.42. The number of esters is 1. The van der Waals surface area contributed by atoms with Crippen molar-refractivity contribution in [3.8, 4) is 0 Å². The van der Waals surface area contributed by atoms with Crippen LogP contribution in [-0.4, -0.2) is 63.7 Å². The molecule has 1 saturated carbocycles. The first-order valence-corrected chi connectivity index (χ1v) is 12.3. The highest BCUT2D eigenvalue weighted by molar-refractivity contribution is 5.69. The summed E-state index contributed by atoms with van der Waals surface area (Å²) in [5.74, 6) is -0.585. The van der Waals surface area contributed by atoms with Gasteiger partial charge < -0.3 is 29.9 Å². The fourth-order valence-electron chi connectivity index (χ4n) is 4.48. The summed E-state index contributed by atoms with van der Waals surface area (Å²) in [6.45, 7) is 2.61. The average Bonchev–Trinajstić information content (AvgIpc) is 3.03. The lowest BCUT2D eigenvalue weighted by atomic mass is 9.89. The Morgan fingerprint density at radius 3 is 2.72 bits per heavy atom. The molecule has 2 rings (SSSR count). The number of hydrogen-bond acceptors (Lipinski definition) is 7. The molecular weight excluding hydrogens is 412 g/mol. The number of aliphatic hydroxyl groups is 4. The van der Waals surface area contributed by atoms with Crippen molar-refractivity contribution in [2.45, 2.75) is 108 Å². The largest absolute Gasteiger partial charge is 0.457 e. The van der Waals surface area contributed by atoms with Crippen molar-refractivity contribution in [3.63, 3.8) is 0 Å². The number of carbonyl (C=O) groups excluding carboxylic acids is 1. The maximum absolute atomic E-state index is 11.9. The number of aliphatic hydroxyl groups excluding tert-OH is 4. The molecule has 7 nitrogen and oxygen atoms in total. The molecule has 0 amide bonds. The molecule has 2 aliphatic rings. The molecule has 7 heteroatoms. The van der Waals surface area contributed by atoms with E-state index in [0.29, 0.717) is 38.7 Å². The van der Waals surface area contributed by atoms with E-state index in [-0.39, 0.29) is 24.2 Å². The van der Waals surface area contributed by atoms with Crippen LogP contribution in [0.15, 0.2) is 24.3 Å². The summed E-state index contributed by atoms with van der Waals surface area (Å²) in [6, 6.07) is 0. The van der Waals surface area contributed by atoms with Crippen LogP contribution in [-0.2, 0) is 14.3 Å². The summed E-state index contributed by atoms with van der Waals surface area (Å²) in [6.07, 6.45) is 12.2. The first kappa shape index (κ1) is 27.0. The Bertz CT molecular complexity index is 591. The molecule has 4 N–H and O–H groups in total. The maximum atomic E-state index is 11.9. The van der Waals surface area contributed by atoms with E-state index in [2.05, 4.69) is 6.92 Å². The fourth-order valence-corrected chi connectivity index (χ4v) is 4.48. The summed E-state index contributed by atoms with van der Waals surface area (Å²) >= 11 is 0. The third kappa shape index (κ3) is 9.32. The van der Waals surface area contributed by atoms with Crippen molar-refractivity contribution in [1.82, 2.24) is 0 Å². The molecule has 0 aromatic rings. The predicted octanol–water partition coefficient (Wildman–Crippen LogP) is 3.00. The molecule has 2 fully saturated rings. The van der Waals surface area contributed by atoms with Gasteiger partial charge in [-0.2, -0.15) is 0 Å². The molecule has 1 heterocycles. The van der Waals surface area contributed by atoms with Gasteiger partial charge in [-0.1, -0.05) is 50.5 Å². The lowest BCUT2D eigenvalue weighted by Gasteiger charge is -2.27. The highest BCUT2D eigenvalue weighted by Crippen LogP contribution is 2.36. The van der Waals surface area contributed by atoms with Crippen molar-refractivity contribution in [3.05, 3.63) is 24.3 Å². The van der Waals surface area contributed by atoms with Gasteiger partial charge in [-0.25, -0.2) is 0 Å². The standard InChI is InChI=1S/C25H42O7/c1-2-3-6-10-18(26)14-15-20-19(21(27)17-22(20)28)11-7-4-5-8-13-24(29)32-23-12-9-16-31-25(23)30/h4,7,14-15,18-23,25-28,30H,2-3,5-6,8-13,16-17H2,1H3/b7-4-,15-14+/t18-,19+,20+,21-,22+,23+,25?/m0/s1. The van der Waals surface area contributed by atoms with E-state index >= 15 is 0 Å². The van der Waals surface area contributed by atoms with Gasteiger partial charge in [0.1, 0.15) is 0 Å². The first-order valence-electron chi connectivity index (χ1n) is 12.3. The van der Waals surface area contributed by atoms with E-state index in [1.165, 1.54) is 0 Å². The molecule has 184 valence electrons.